The highest BCUT2D eigenvalue weighted by Crippen LogP contribution is 2.36. The third-order valence-corrected chi connectivity index (χ3v) is 8.56. The second-order valence-electron chi connectivity index (χ2n) is 10.2. The summed E-state index contributed by atoms with van der Waals surface area (Å²) in [6.07, 6.45) is 1.60. The molecule has 5 rings (SSSR count). The van der Waals surface area contributed by atoms with Gasteiger partial charge in [0, 0.05) is 38.4 Å². The van der Waals surface area contributed by atoms with Crippen LogP contribution in [0.1, 0.15) is 31.5 Å². The number of carbonyl (C=O) groups excluding carboxylic acids is 2. The Kier molecular flexibility index (Phi) is 8.58. The number of imide groups is 1. The van der Waals surface area contributed by atoms with Crippen molar-refractivity contribution >= 4 is 45.2 Å². The summed E-state index contributed by atoms with van der Waals surface area (Å²) in [5, 5.41) is 7.71. The Balaban J connectivity index is 1.45. The van der Waals surface area contributed by atoms with Gasteiger partial charge in [0.05, 0.1) is 24.8 Å². The monoisotopic (exact) mass is 602 g/mol. The molecule has 2 aromatic heterocycles. The van der Waals surface area contributed by atoms with E-state index in [0.717, 1.165) is 51.2 Å². The number of ether oxygens (including phenoxy) is 2. The molecule has 11 nitrogen and oxygen atoms in total. The Hall–Kier alpha value is -4.58. The van der Waals surface area contributed by atoms with Crippen molar-refractivity contribution in [3.63, 3.8) is 0 Å². The molecular weight excluding hydrogens is 568 g/mol. The molecule has 0 aliphatic carbocycles. The number of hydrogen-bond acceptors (Lipinski definition) is 9. The van der Waals surface area contributed by atoms with Gasteiger partial charge in [-0.15, -0.1) is 0 Å². The van der Waals surface area contributed by atoms with Crippen LogP contribution in [0.5, 0.6) is 11.5 Å². The van der Waals surface area contributed by atoms with Gasteiger partial charge in [0.2, 0.25) is 0 Å². The minimum atomic E-state index is -0.286. The lowest BCUT2D eigenvalue weighted by atomic mass is 10.1. The number of anilines is 1. The van der Waals surface area contributed by atoms with Crippen LogP contribution in [0.25, 0.3) is 28.0 Å². The predicted octanol–water partition coefficient (Wildman–Crippen LogP) is 4.94. The van der Waals surface area contributed by atoms with Crippen molar-refractivity contribution in [1.82, 2.24) is 24.2 Å². The van der Waals surface area contributed by atoms with E-state index in [-0.39, 0.29) is 16.7 Å². The molecule has 1 aliphatic rings. The van der Waals surface area contributed by atoms with Gasteiger partial charge in [0.15, 0.2) is 17.0 Å². The van der Waals surface area contributed by atoms with Crippen LogP contribution in [0.15, 0.2) is 52.2 Å². The number of nitrogens with zero attached hydrogens (tertiary/aromatic N) is 5. The van der Waals surface area contributed by atoms with Gasteiger partial charge in [-0.05, 0) is 66.6 Å². The highest BCUT2D eigenvalue weighted by atomic mass is 32.2. The number of methoxy groups -OCH3 is 2. The van der Waals surface area contributed by atoms with E-state index in [2.05, 4.69) is 17.3 Å². The summed E-state index contributed by atoms with van der Waals surface area (Å²) >= 11 is 0.953. The lowest BCUT2D eigenvalue weighted by Gasteiger charge is -2.16. The fraction of sp³-hybridized carbons (Fsp3) is 0.323. The molecule has 1 saturated heterocycles. The van der Waals surface area contributed by atoms with Crippen LogP contribution in [0.3, 0.4) is 0 Å². The lowest BCUT2D eigenvalue weighted by molar-refractivity contribution is -0.121. The standard InChI is InChI=1S/C31H34N6O5S/c1-7-8-22-25-26(36(4)34-22)29(38)37(28(33-25)20-11-14-23(41-5)24(17-20)42-6)16-15-32-21-12-9-19(10-13-21)18(2)27-30(39)35(3)31(40)43-27/h9-14,17,32H,7-8,15-16H2,1-6H3/b27-18-. The number of allylic oxidation sites excluding steroid dienone is 1. The summed E-state index contributed by atoms with van der Waals surface area (Å²) in [5.41, 5.74) is 4.86. The molecular formula is C31H34N6O5S. The number of carbonyl (C=O) groups is 2. The maximum atomic E-state index is 13.9. The first-order chi connectivity index (χ1) is 20.7. The fourth-order valence-electron chi connectivity index (χ4n) is 5.08. The number of fused-ring (bicyclic) bond motifs is 1. The van der Waals surface area contributed by atoms with E-state index in [1.807, 2.05) is 43.3 Å². The summed E-state index contributed by atoms with van der Waals surface area (Å²) in [7, 11) is 6.40. The third-order valence-electron chi connectivity index (χ3n) is 7.43. The number of aromatic nitrogens is 4. The Morgan fingerprint density at radius 1 is 1.00 bits per heavy atom. The summed E-state index contributed by atoms with van der Waals surface area (Å²) in [4.78, 5) is 44.8. The molecule has 0 atom stereocenters. The minimum Gasteiger partial charge on any atom is -0.493 e. The van der Waals surface area contributed by atoms with Gasteiger partial charge in [0.25, 0.3) is 16.7 Å². The molecule has 0 bridgehead atoms. The summed E-state index contributed by atoms with van der Waals surface area (Å²) in [6.45, 7) is 4.69. The molecule has 2 aromatic carbocycles. The van der Waals surface area contributed by atoms with Gasteiger partial charge >= 0.3 is 0 Å². The number of hydrogen-bond donors (Lipinski definition) is 1. The Morgan fingerprint density at radius 3 is 2.35 bits per heavy atom. The lowest BCUT2D eigenvalue weighted by Crippen LogP contribution is -2.27. The third kappa shape index (κ3) is 5.62. The molecule has 0 saturated carbocycles. The number of nitrogens with one attached hydrogen (secondary N) is 1. The zero-order valence-corrected chi connectivity index (χ0v) is 25.9. The first kappa shape index (κ1) is 29.9. The molecule has 1 aliphatic heterocycles. The minimum absolute atomic E-state index is 0.176. The largest absolute Gasteiger partial charge is 0.493 e. The summed E-state index contributed by atoms with van der Waals surface area (Å²) in [5.74, 6) is 1.35. The molecule has 1 N–H and O–H groups in total. The second kappa shape index (κ2) is 12.3. The Labute approximate surface area is 253 Å². The van der Waals surface area contributed by atoms with Crippen LogP contribution >= 0.6 is 11.8 Å². The van der Waals surface area contributed by atoms with E-state index in [9.17, 15) is 14.4 Å². The van der Waals surface area contributed by atoms with Crippen LogP contribution in [-0.2, 0) is 24.8 Å². The van der Waals surface area contributed by atoms with E-state index in [4.69, 9.17) is 14.5 Å². The second-order valence-corrected chi connectivity index (χ2v) is 11.1. The van der Waals surface area contributed by atoms with Crippen molar-refractivity contribution in [3.05, 3.63) is 69.0 Å². The molecule has 0 unspecified atom stereocenters. The van der Waals surface area contributed by atoms with Gasteiger partial charge in [0.1, 0.15) is 11.3 Å². The molecule has 12 heteroatoms. The van der Waals surface area contributed by atoms with Crippen molar-refractivity contribution < 1.29 is 19.1 Å². The number of amides is 2. The average Bonchev–Trinajstić information content (AvgIpc) is 3.47. The molecule has 43 heavy (non-hydrogen) atoms. The van der Waals surface area contributed by atoms with E-state index < -0.39 is 0 Å². The summed E-state index contributed by atoms with van der Waals surface area (Å²) < 4.78 is 14.2. The molecule has 4 aromatic rings. The molecule has 0 radical (unpaired) electrons. The maximum absolute atomic E-state index is 13.9. The highest BCUT2D eigenvalue weighted by molar-refractivity contribution is 8.18. The van der Waals surface area contributed by atoms with Crippen LogP contribution in [0, 0.1) is 0 Å². The highest BCUT2D eigenvalue weighted by Gasteiger charge is 2.33. The van der Waals surface area contributed by atoms with Gasteiger partial charge in [-0.3, -0.25) is 28.5 Å². The average molecular weight is 603 g/mol. The molecule has 0 spiro atoms. The Morgan fingerprint density at radius 2 is 1.72 bits per heavy atom. The van der Waals surface area contributed by atoms with E-state index >= 15 is 0 Å². The van der Waals surface area contributed by atoms with Gasteiger partial charge in [-0.1, -0.05) is 25.5 Å². The number of rotatable bonds is 10. The molecule has 3 heterocycles. The molecule has 224 valence electrons. The zero-order valence-electron chi connectivity index (χ0n) is 25.1. The maximum Gasteiger partial charge on any atom is 0.293 e. The Bertz CT molecular complexity index is 1810. The van der Waals surface area contributed by atoms with Crippen molar-refractivity contribution in [2.45, 2.75) is 33.2 Å². The van der Waals surface area contributed by atoms with Crippen LogP contribution in [0.4, 0.5) is 10.5 Å². The fourth-order valence-corrected chi connectivity index (χ4v) is 5.97. The number of aryl methyl sites for hydroxylation is 2. The van der Waals surface area contributed by atoms with Crippen LogP contribution in [-0.4, -0.2) is 63.2 Å². The SMILES string of the molecule is CCCc1nn(C)c2c(=O)n(CCNc3ccc(/C(C)=C4\SC(=O)N(C)C4=O)cc3)c(-c3ccc(OC)c(OC)c3)nc12. The van der Waals surface area contributed by atoms with Gasteiger partial charge < -0.3 is 14.8 Å². The van der Waals surface area contributed by atoms with Gasteiger partial charge in [-0.25, -0.2) is 4.98 Å². The smallest absolute Gasteiger partial charge is 0.293 e. The quantitative estimate of drug-likeness (QED) is 0.252. The number of thioether (sulfide) groups is 1. The number of likely N-dealkylation sites (N-methyl/N-ethyl adjacent to an activating group) is 1. The zero-order chi connectivity index (χ0) is 30.8. The molecule has 2 amide bonds. The summed E-state index contributed by atoms with van der Waals surface area (Å²) in [6, 6.07) is 13.1. The van der Waals surface area contributed by atoms with Crippen molar-refractivity contribution in [1.29, 1.82) is 0 Å². The van der Waals surface area contributed by atoms with Gasteiger partial charge in [-0.2, -0.15) is 5.10 Å². The van der Waals surface area contributed by atoms with Crippen molar-refractivity contribution in [2.75, 3.05) is 33.1 Å². The van der Waals surface area contributed by atoms with E-state index in [1.54, 1.807) is 36.6 Å². The van der Waals surface area contributed by atoms with E-state index in [1.165, 1.54) is 7.05 Å². The normalized spacial score (nSPS) is 14.5. The number of benzene rings is 2. The first-order valence-electron chi connectivity index (χ1n) is 13.9. The van der Waals surface area contributed by atoms with Crippen molar-refractivity contribution in [2.24, 2.45) is 7.05 Å². The molecule has 1 fully saturated rings. The first-order valence-corrected chi connectivity index (χ1v) is 14.7. The predicted molar refractivity (Wildman–Crippen MR) is 169 cm³/mol. The van der Waals surface area contributed by atoms with Crippen molar-refractivity contribution in [3.8, 4) is 22.9 Å². The van der Waals surface area contributed by atoms with Crippen LogP contribution in [0.2, 0.25) is 0 Å². The van der Waals surface area contributed by atoms with E-state index in [0.29, 0.717) is 52.8 Å². The topological polar surface area (TPSA) is 121 Å². The van der Waals surface area contributed by atoms with Crippen LogP contribution < -0.4 is 20.3 Å².